The SMILES string of the molecule is Cc1nsc(C2(CN)CCCS2)n1. The third-order valence-corrected chi connectivity index (χ3v) is 5.10. The minimum Gasteiger partial charge on any atom is -0.329 e. The van der Waals surface area contributed by atoms with Gasteiger partial charge in [-0.15, -0.1) is 11.8 Å². The standard InChI is InChI=1S/C8H13N3S2/c1-6-10-7(13-11-6)8(5-9)3-2-4-12-8/h2-5,9H2,1H3. The number of aromatic nitrogens is 2. The Labute approximate surface area is 86.3 Å². The Hall–Kier alpha value is -0.130. The summed E-state index contributed by atoms with van der Waals surface area (Å²) in [5, 5.41) is 1.12. The van der Waals surface area contributed by atoms with Gasteiger partial charge in [-0.1, -0.05) is 0 Å². The number of thioether (sulfide) groups is 1. The van der Waals surface area contributed by atoms with Gasteiger partial charge in [-0.2, -0.15) is 4.37 Å². The van der Waals surface area contributed by atoms with E-state index in [0.717, 1.165) is 17.3 Å². The first kappa shape index (κ1) is 9.43. The largest absolute Gasteiger partial charge is 0.329 e. The van der Waals surface area contributed by atoms with Gasteiger partial charge in [-0.3, -0.25) is 0 Å². The van der Waals surface area contributed by atoms with Crippen molar-refractivity contribution in [2.75, 3.05) is 12.3 Å². The summed E-state index contributed by atoms with van der Waals surface area (Å²) in [6, 6.07) is 0. The molecule has 1 aliphatic heterocycles. The van der Waals surface area contributed by atoms with E-state index in [4.69, 9.17) is 5.73 Å². The second kappa shape index (κ2) is 3.55. The number of nitrogens with two attached hydrogens (primary N) is 1. The molecule has 1 aromatic rings. The lowest BCUT2D eigenvalue weighted by Gasteiger charge is -2.22. The predicted octanol–water partition coefficient (Wildman–Crippen LogP) is 1.53. The molecule has 1 unspecified atom stereocenters. The normalized spacial score (nSPS) is 28.2. The summed E-state index contributed by atoms with van der Waals surface area (Å²) in [7, 11) is 0. The van der Waals surface area contributed by atoms with Crippen molar-refractivity contribution < 1.29 is 0 Å². The van der Waals surface area contributed by atoms with Crippen LogP contribution < -0.4 is 5.73 Å². The lowest BCUT2D eigenvalue weighted by atomic mass is 10.0. The van der Waals surface area contributed by atoms with Crippen molar-refractivity contribution in [3.63, 3.8) is 0 Å². The van der Waals surface area contributed by atoms with Gasteiger partial charge in [0.1, 0.15) is 10.8 Å². The molecule has 1 atom stereocenters. The van der Waals surface area contributed by atoms with Gasteiger partial charge in [0.15, 0.2) is 0 Å². The number of hydrogen-bond acceptors (Lipinski definition) is 5. The van der Waals surface area contributed by atoms with Gasteiger partial charge in [0.2, 0.25) is 0 Å². The zero-order valence-electron chi connectivity index (χ0n) is 7.62. The summed E-state index contributed by atoms with van der Waals surface area (Å²) < 4.78 is 4.31. The van der Waals surface area contributed by atoms with Crippen LogP contribution in [-0.2, 0) is 4.75 Å². The van der Waals surface area contributed by atoms with E-state index in [1.165, 1.54) is 23.7 Å². The Kier molecular flexibility index (Phi) is 2.58. The lowest BCUT2D eigenvalue weighted by molar-refractivity contribution is 0.595. The summed E-state index contributed by atoms with van der Waals surface area (Å²) in [6.45, 7) is 2.62. The zero-order valence-corrected chi connectivity index (χ0v) is 9.25. The number of hydrogen-bond donors (Lipinski definition) is 1. The maximum Gasteiger partial charge on any atom is 0.139 e. The molecule has 3 nitrogen and oxygen atoms in total. The van der Waals surface area contributed by atoms with Crippen molar-refractivity contribution in [2.24, 2.45) is 5.73 Å². The van der Waals surface area contributed by atoms with Crippen LogP contribution in [0, 0.1) is 6.92 Å². The maximum absolute atomic E-state index is 5.83. The van der Waals surface area contributed by atoms with E-state index in [-0.39, 0.29) is 4.75 Å². The van der Waals surface area contributed by atoms with Gasteiger partial charge in [-0.05, 0) is 37.1 Å². The monoisotopic (exact) mass is 215 g/mol. The highest BCUT2D eigenvalue weighted by atomic mass is 32.2. The summed E-state index contributed by atoms with van der Waals surface area (Å²) >= 11 is 3.45. The minimum atomic E-state index is 0.0892. The molecule has 0 spiro atoms. The second-order valence-corrected chi connectivity index (χ2v) is 5.53. The highest BCUT2D eigenvalue weighted by molar-refractivity contribution is 8.00. The topological polar surface area (TPSA) is 51.8 Å². The second-order valence-electron chi connectivity index (χ2n) is 3.30. The van der Waals surface area contributed by atoms with E-state index in [9.17, 15) is 0 Å². The lowest BCUT2D eigenvalue weighted by Crippen LogP contribution is -2.28. The molecule has 0 radical (unpaired) electrons. The van der Waals surface area contributed by atoms with Crippen molar-refractivity contribution in [3.8, 4) is 0 Å². The van der Waals surface area contributed by atoms with Crippen molar-refractivity contribution >= 4 is 23.3 Å². The van der Waals surface area contributed by atoms with Gasteiger partial charge in [0, 0.05) is 6.54 Å². The molecule has 13 heavy (non-hydrogen) atoms. The summed E-state index contributed by atoms with van der Waals surface area (Å²) in [6.07, 6.45) is 2.41. The average Bonchev–Trinajstić information content (AvgIpc) is 2.73. The fourth-order valence-electron chi connectivity index (χ4n) is 1.60. The fourth-order valence-corrected chi connectivity index (χ4v) is 3.92. The molecule has 0 bridgehead atoms. The Bertz CT molecular complexity index is 291. The Balaban J connectivity index is 2.30. The fraction of sp³-hybridized carbons (Fsp3) is 0.750. The Morgan fingerprint density at radius 2 is 2.46 bits per heavy atom. The van der Waals surface area contributed by atoms with Crippen LogP contribution in [0.25, 0.3) is 0 Å². The number of rotatable bonds is 2. The molecule has 2 heterocycles. The molecule has 0 aromatic carbocycles. The van der Waals surface area contributed by atoms with Gasteiger partial charge in [0.25, 0.3) is 0 Å². The zero-order chi connectivity index (χ0) is 9.31. The van der Waals surface area contributed by atoms with Crippen molar-refractivity contribution in [2.45, 2.75) is 24.5 Å². The first-order chi connectivity index (χ1) is 6.27. The van der Waals surface area contributed by atoms with Gasteiger partial charge >= 0.3 is 0 Å². The molecule has 1 saturated heterocycles. The molecule has 1 fully saturated rings. The number of aryl methyl sites for hydroxylation is 1. The average molecular weight is 215 g/mol. The third-order valence-electron chi connectivity index (χ3n) is 2.35. The smallest absolute Gasteiger partial charge is 0.139 e. The Morgan fingerprint density at radius 3 is 2.92 bits per heavy atom. The molecule has 2 rings (SSSR count). The highest BCUT2D eigenvalue weighted by Gasteiger charge is 2.38. The molecule has 5 heteroatoms. The molecule has 1 aliphatic rings. The third kappa shape index (κ3) is 1.60. The van der Waals surface area contributed by atoms with Gasteiger partial charge in [-0.25, -0.2) is 4.98 Å². The van der Waals surface area contributed by atoms with Crippen LogP contribution in [0.5, 0.6) is 0 Å². The molecule has 2 N–H and O–H groups in total. The number of nitrogens with zero attached hydrogens (tertiary/aromatic N) is 2. The van der Waals surface area contributed by atoms with Gasteiger partial charge < -0.3 is 5.73 Å². The Morgan fingerprint density at radius 1 is 1.62 bits per heavy atom. The van der Waals surface area contributed by atoms with E-state index < -0.39 is 0 Å². The quantitative estimate of drug-likeness (QED) is 0.813. The van der Waals surface area contributed by atoms with E-state index in [1.54, 1.807) is 0 Å². The summed E-state index contributed by atoms with van der Waals surface area (Å²) in [4.78, 5) is 4.44. The van der Waals surface area contributed by atoms with Crippen molar-refractivity contribution in [3.05, 3.63) is 10.8 Å². The first-order valence-corrected chi connectivity index (χ1v) is 6.17. The maximum atomic E-state index is 5.83. The molecule has 0 saturated carbocycles. The molecule has 72 valence electrons. The minimum absolute atomic E-state index is 0.0892. The summed E-state index contributed by atoms with van der Waals surface area (Å²) in [5.41, 5.74) is 5.83. The van der Waals surface area contributed by atoms with Crippen LogP contribution in [0.15, 0.2) is 0 Å². The van der Waals surface area contributed by atoms with E-state index in [2.05, 4.69) is 9.36 Å². The van der Waals surface area contributed by atoms with Crippen LogP contribution in [0.4, 0.5) is 0 Å². The van der Waals surface area contributed by atoms with Crippen LogP contribution in [0.3, 0.4) is 0 Å². The first-order valence-electron chi connectivity index (χ1n) is 4.42. The molecule has 0 aliphatic carbocycles. The van der Waals surface area contributed by atoms with Crippen molar-refractivity contribution in [1.29, 1.82) is 0 Å². The molecular formula is C8H13N3S2. The van der Waals surface area contributed by atoms with Crippen LogP contribution >= 0.6 is 23.3 Å². The molecule has 1 aromatic heterocycles. The predicted molar refractivity (Wildman–Crippen MR) is 57.1 cm³/mol. The highest BCUT2D eigenvalue weighted by Crippen LogP contribution is 2.46. The van der Waals surface area contributed by atoms with E-state index >= 15 is 0 Å². The molecular weight excluding hydrogens is 202 g/mol. The van der Waals surface area contributed by atoms with Crippen molar-refractivity contribution in [1.82, 2.24) is 9.36 Å². The van der Waals surface area contributed by atoms with Crippen LogP contribution in [-0.4, -0.2) is 21.7 Å². The van der Waals surface area contributed by atoms with Gasteiger partial charge in [0.05, 0.1) is 4.75 Å². The van der Waals surface area contributed by atoms with Crippen LogP contribution in [0.2, 0.25) is 0 Å². The van der Waals surface area contributed by atoms with Crippen LogP contribution in [0.1, 0.15) is 23.7 Å². The summed E-state index contributed by atoms with van der Waals surface area (Å²) in [5.74, 6) is 2.08. The molecule has 0 amide bonds. The van der Waals surface area contributed by atoms with E-state index in [1.807, 2.05) is 18.7 Å². The van der Waals surface area contributed by atoms with E-state index in [0.29, 0.717) is 6.54 Å².